The number of nitrogens with zero attached hydrogens (tertiary/aromatic N) is 1. The highest BCUT2D eigenvalue weighted by molar-refractivity contribution is 5.94. The van der Waals surface area contributed by atoms with E-state index >= 15 is 0 Å². The molecule has 3 N–H and O–H groups in total. The van der Waals surface area contributed by atoms with Crippen LogP contribution in [-0.4, -0.2) is 10.9 Å². The van der Waals surface area contributed by atoms with Crippen molar-refractivity contribution in [1.82, 2.24) is 4.98 Å². The number of pyridine rings is 1. The fourth-order valence-corrected chi connectivity index (χ4v) is 2.70. The number of nitrogens with two attached hydrogens (primary N) is 1. The van der Waals surface area contributed by atoms with Gasteiger partial charge in [-0.25, -0.2) is 9.37 Å². The molecule has 0 aliphatic heterocycles. The number of carbonyl (C=O) groups excluding carboxylic acids is 1. The van der Waals surface area contributed by atoms with E-state index in [1.165, 1.54) is 12.1 Å². The second-order valence-electron chi connectivity index (χ2n) is 6.56. The summed E-state index contributed by atoms with van der Waals surface area (Å²) in [7, 11) is 0. The largest absolute Gasteiger partial charge is 0.399 e. The topological polar surface area (TPSA) is 68.0 Å². The lowest BCUT2D eigenvalue weighted by atomic mass is 9.99. The van der Waals surface area contributed by atoms with E-state index < -0.39 is 0 Å². The first-order valence-corrected chi connectivity index (χ1v) is 8.84. The normalized spacial score (nSPS) is 14.4. The Morgan fingerprint density at radius 2 is 2.11 bits per heavy atom. The van der Waals surface area contributed by atoms with Crippen LogP contribution in [0.2, 0.25) is 0 Å². The zero-order valence-corrected chi connectivity index (χ0v) is 15.2. The highest BCUT2D eigenvalue weighted by Gasteiger charge is 2.29. The summed E-state index contributed by atoms with van der Waals surface area (Å²) in [6.45, 7) is 5.95. The van der Waals surface area contributed by atoms with Gasteiger partial charge < -0.3 is 11.1 Å². The van der Waals surface area contributed by atoms with Crippen LogP contribution < -0.4 is 11.1 Å². The summed E-state index contributed by atoms with van der Waals surface area (Å²) >= 11 is 0. The Kier molecular flexibility index (Phi) is 5.50. The van der Waals surface area contributed by atoms with Crippen LogP contribution in [0.25, 0.3) is 11.1 Å². The van der Waals surface area contributed by atoms with Crippen molar-refractivity contribution in [2.45, 2.75) is 19.8 Å². The van der Waals surface area contributed by atoms with Crippen LogP contribution in [0.1, 0.15) is 30.9 Å². The summed E-state index contributed by atoms with van der Waals surface area (Å²) < 4.78 is 14.3. The van der Waals surface area contributed by atoms with Crippen molar-refractivity contribution < 1.29 is 9.18 Å². The Hall–Kier alpha value is -3.21. The number of hydrogen-bond acceptors (Lipinski definition) is 3. The molecule has 0 atom stereocenters. The van der Waals surface area contributed by atoms with Gasteiger partial charge >= 0.3 is 0 Å². The first-order valence-electron chi connectivity index (χ1n) is 8.84. The summed E-state index contributed by atoms with van der Waals surface area (Å²) in [5.41, 5.74) is 8.83. The van der Waals surface area contributed by atoms with Crippen molar-refractivity contribution in [1.29, 1.82) is 0 Å². The lowest BCUT2D eigenvalue weighted by Crippen LogP contribution is -2.14. The third kappa shape index (κ3) is 4.70. The van der Waals surface area contributed by atoms with Crippen LogP contribution in [0.15, 0.2) is 61.3 Å². The third-order valence-electron chi connectivity index (χ3n) is 4.31. The molecule has 0 unspecified atom stereocenters. The highest BCUT2D eigenvalue weighted by atomic mass is 19.1. The lowest BCUT2D eigenvalue weighted by Gasteiger charge is -2.09. The quantitative estimate of drug-likeness (QED) is 0.571. The van der Waals surface area contributed by atoms with Crippen LogP contribution >= 0.6 is 0 Å². The van der Waals surface area contributed by atoms with E-state index in [1.807, 2.05) is 13.0 Å². The average molecular weight is 363 g/mol. The minimum atomic E-state index is -0.353. The standard InChI is InChI=1S/C22H22FN3O/c1-3-4-17(19-13-18(24)7-8-20(19)23)11-14(2)16-9-10-25-21(12-16)26-22(27)15-5-6-15/h3-4,7-13,15H,2,5-6,24H2,1H3,(H,25,26,27)/b4-3-,17-11+. The van der Waals surface area contributed by atoms with Gasteiger partial charge in [0.05, 0.1) is 0 Å². The van der Waals surface area contributed by atoms with Gasteiger partial charge in [-0.05, 0) is 72.9 Å². The number of anilines is 2. The minimum absolute atomic E-state index is 0.00255. The van der Waals surface area contributed by atoms with Gasteiger partial charge in [-0.15, -0.1) is 0 Å². The van der Waals surface area contributed by atoms with Crippen molar-refractivity contribution in [3.63, 3.8) is 0 Å². The number of allylic oxidation sites excluding steroid dienone is 5. The van der Waals surface area contributed by atoms with Crippen LogP contribution in [-0.2, 0) is 4.79 Å². The first kappa shape index (κ1) is 18.6. The van der Waals surface area contributed by atoms with Crippen molar-refractivity contribution in [2.24, 2.45) is 5.92 Å². The molecule has 27 heavy (non-hydrogen) atoms. The molecular weight excluding hydrogens is 341 g/mol. The maximum atomic E-state index is 14.3. The van der Waals surface area contributed by atoms with Gasteiger partial charge in [0, 0.05) is 23.4 Å². The second-order valence-corrected chi connectivity index (χ2v) is 6.56. The molecule has 1 amide bonds. The van der Waals surface area contributed by atoms with Crippen LogP contribution in [0.3, 0.4) is 0 Å². The Morgan fingerprint density at radius 3 is 2.81 bits per heavy atom. The number of rotatable bonds is 6. The molecule has 5 heteroatoms. The van der Waals surface area contributed by atoms with Crippen LogP contribution in [0.5, 0.6) is 0 Å². The molecule has 0 radical (unpaired) electrons. The van der Waals surface area contributed by atoms with Crippen molar-refractivity contribution >= 4 is 28.6 Å². The molecule has 1 aliphatic rings. The molecule has 0 saturated heterocycles. The van der Waals surface area contributed by atoms with E-state index in [2.05, 4.69) is 16.9 Å². The molecule has 1 aromatic carbocycles. The molecule has 1 fully saturated rings. The summed E-state index contributed by atoms with van der Waals surface area (Å²) in [6.07, 6.45) is 8.90. The maximum Gasteiger partial charge on any atom is 0.228 e. The first-order chi connectivity index (χ1) is 13.0. The van der Waals surface area contributed by atoms with Crippen molar-refractivity contribution in [2.75, 3.05) is 11.1 Å². The van der Waals surface area contributed by atoms with E-state index in [9.17, 15) is 9.18 Å². The molecule has 2 aromatic rings. The molecule has 0 spiro atoms. The molecule has 1 aliphatic carbocycles. The average Bonchev–Trinajstić information content (AvgIpc) is 3.49. The fourth-order valence-electron chi connectivity index (χ4n) is 2.70. The molecule has 0 bridgehead atoms. The van der Waals surface area contributed by atoms with E-state index in [-0.39, 0.29) is 17.6 Å². The minimum Gasteiger partial charge on any atom is -0.399 e. The summed E-state index contributed by atoms with van der Waals surface area (Å²) in [4.78, 5) is 16.1. The predicted molar refractivity (Wildman–Crippen MR) is 108 cm³/mol. The number of benzene rings is 1. The van der Waals surface area contributed by atoms with Gasteiger partial charge in [0.15, 0.2) is 0 Å². The molecule has 138 valence electrons. The number of hydrogen-bond donors (Lipinski definition) is 2. The maximum absolute atomic E-state index is 14.3. The van der Waals surface area contributed by atoms with Crippen LogP contribution in [0, 0.1) is 11.7 Å². The number of amides is 1. The smallest absolute Gasteiger partial charge is 0.228 e. The number of nitrogen functional groups attached to an aromatic ring is 1. The van der Waals surface area contributed by atoms with Gasteiger partial charge in [-0.3, -0.25) is 4.79 Å². The van der Waals surface area contributed by atoms with Gasteiger partial charge in [0.1, 0.15) is 11.6 Å². The third-order valence-corrected chi connectivity index (χ3v) is 4.31. The predicted octanol–water partition coefficient (Wildman–Crippen LogP) is 4.82. The zero-order valence-electron chi connectivity index (χ0n) is 15.2. The molecule has 4 nitrogen and oxygen atoms in total. The van der Waals surface area contributed by atoms with Gasteiger partial charge in [-0.1, -0.05) is 18.7 Å². The SMILES string of the molecule is C=C(/C=C(\C=C/C)c1cc(N)ccc1F)c1ccnc(NC(=O)C2CC2)c1. The molecule has 1 saturated carbocycles. The van der Waals surface area contributed by atoms with E-state index in [0.29, 0.717) is 28.2 Å². The monoisotopic (exact) mass is 363 g/mol. The molecular formula is C22H22FN3O. The highest BCUT2D eigenvalue weighted by Crippen LogP contribution is 2.30. The summed E-state index contributed by atoms with van der Waals surface area (Å²) in [6, 6.07) is 8.04. The molecule has 1 aromatic heterocycles. The number of carbonyl (C=O) groups is 1. The van der Waals surface area contributed by atoms with E-state index in [1.54, 1.807) is 36.5 Å². The Labute approximate surface area is 158 Å². The Morgan fingerprint density at radius 1 is 1.33 bits per heavy atom. The van der Waals surface area contributed by atoms with E-state index in [0.717, 1.165) is 18.4 Å². The zero-order chi connectivity index (χ0) is 19.4. The number of aromatic nitrogens is 1. The van der Waals surface area contributed by atoms with Crippen LogP contribution in [0.4, 0.5) is 15.9 Å². The van der Waals surface area contributed by atoms with Gasteiger partial charge in [0.2, 0.25) is 5.91 Å². The Bertz CT molecular complexity index is 942. The molecule has 1 heterocycles. The van der Waals surface area contributed by atoms with Crippen molar-refractivity contribution in [3.05, 3.63) is 78.3 Å². The lowest BCUT2D eigenvalue weighted by molar-refractivity contribution is -0.117. The number of nitrogens with one attached hydrogen (secondary N) is 1. The summed E-state index contributed by atoms with van der Waals surface area (Å²) in [5, 5.41) is 2.82. The Balaban J connectivity index is 1.88. The number of halogens is 1. The fraction of sp³-hybridized carbons (Fsp3) is 0.182. The van der Waals surface area contributed by atoms with Crippen molar-refractivity contribution in [3.8, 4) is 0 Å². The molecule has 3 rings (SSSR count). The second kappa shape index (κ2) is 7.99. The summed E-state index contributed by atoms with van der Waals surface area (Å²) in [5.74, 6) is 0.235. The van der Waals surface area contributed by atoms with E-state index in [4.69, 9.17) is 5.73 Å². The van der Waals surface area contributed by atoms with Gasteiger partial charge in [0.25, 0.3) is 0 Å². The van der Waals surface area contributed by atoms with Gasteiger partial charge in [-0.2, -0.15) is 0 Å².